The van der Waals surface area contributed by atoms with E-state index in [1.54, 1.807) is 13.0 Å². The Morgan fingerprint density at radius 1 is 1.30 bits per heavy atom. The zero-order valence-electron chi connectivity index (χ0n) is 11.7. The molecule has 106 valence electrons. The number of benzene rings is 1. The van der Waals surface area contributed by atoms with Gasteiger partial charge in [-0.05, 0) is 12.1 Å². The van der Waals surface area contributed by atoms with Gasteiger partial charge in [-0.15, -0.1) is 0 Å². The van der Waals surface area contributed by atoms with Crippen LogP contribution in [0.5, 0.6) is 5.75 Å². The van der Waals surface area contributed by atoms with E-state index in [1.807, 2.05) is 23.1 Å². The van der Waals surface area contributed by atoms with Crippen molar-refractivity contribution in [3.63, 3.8) is 0 Å². The minimum absolute atomic E-state index is 0.142. The molecule has 1 aromatic rings. The predicted molar refractivity (Wildman–Crippen MR) is 75.3 cm³/mol. The van der Waals surface area contributed by atoms with E-state index in [0.717, 1.165) is 32.7 Å². The first-order valence-corrected chi connectivity index (χ1v) is 6.80. The highest BCUT2D eigenvalue weighted by Gasteiger charge is 2.18. The summed E-state index contributed by atoms with van der Waals surface area (Å²) < 4.78 is 5.66. The van der Waals surface area contributed by atoms with E-state index in [-0.39, 0.29) is 5.91 Å². The Morgan fingerprint density at radius 3 is 2.65 bits per heavy atom. The number of hydrogen-bond acceptors (Lipinski definition) is 4. The van der Waals surface area contributed by atoms with E-state index < -0.39 is 0 Å². The van der Waals surface area contributed by atoms with Crippen molar-refractivity contribution in [2.75, 3.05) is 39.3 Å². The normalized spacial score (nSPS) is 15.7. The van der Waals surface area contributed by atoms with Crippen molar-refractivity contribution in [3.05, 3.63) is 29.8 Å². The van der Waals surface area contributed by atoms with Gasteiger partial charge in [0.2, 0.25) is 5.91 Å². The molecule has 1 amide bonds. The fraction of sp³-hybridized carbons (Fsp3) is 0.467. The first kappa shape index (κ1) is 14.4. The maximum Gasteiger partial charge on any atom is 0.219 e. The first-order valence-electron chi connectivity index (χ1n) is 6.80. The van der Waals surface area contributed by atoms with Gasteiger partial charge in [-0.3, -0.25) is 9.69 Å². The van der Waals surface area contributed by atoms with Gasteiger partial charge in [0, 0.05) is 39.6 Å². The molecule has 1 aromatic carbocycles. The van der Waals surface area contributed by atoms with Crippen LogP contribution in [0.2, 0.25) is 0 Å². The van der Waals surface area contributed by atoms with Gasteiger partial charge in [0.25, 0.3) is 0 Å². The van der Waals surface area contributed by atoms with Crippen LogP contribution < -0.4 is 4.74 Å². The lowest BCUT2D eigenvalue weighted by Crippen LogP contribution is -2.48. The predicted octanol–water partition coefficient (Wildman–Crippen LogP) is 1.10. The molecule has 0 saturated carbocycles. The van der Waals surface area contributed by atoms with Crippen molar-refractivity contribution in [2.24, 2.45) is 0 Å². The van der Waals surface area contributed by atoms with Crippen LogP contribution in [0, 0.1) is 11.3 Å². The van der Waals surface area contributed by atoms with E-state index in [1.165, 1.54) is 0 Å². The van der Waals surface area contributed by atoms with Crippen molar-refractivity contribution in [1.82, 2.24) is 9.80 Å². The number of carbonyl (C=O) groups excluding carboxylic acids is 1. The number of ether oxygens (including phenoxy) is 1. The van der Waals surface area contributed by atoms with Crippen LogP contribution in [-0.4, -0.2) is 55.0 Å². The minimum atomic E-state index is 0.142. The van der Waals surface area contributed by atoms with Gasteiger partial charge in [0.15, 0.2) is 0 Å². The summed E-state index contributed by atoms with van der Waals surface area (Å²) in [4.78, 5) is 15.4. The van der Waals surface area contributed by atoms with Crippen molar-refractivity contribution in [3.8, 4) is 11.8 Å². The topological polar surface area (TPSA) is 56.6 Å². The standard InChI is InChI=1S/C15H19N3O2/c1-13(19)18-8-6-17(7-9-18)10-11-20-15-5-3-2-4-14(15)12-16/h2-5H,6-11H2,1H3. The molecule has 0 spiro atoms. The maximum absolute atomic E-state index is 11.2. The summed E-state index contributed by atoms with van der Waals surface area (Å²) in [6.07, 6.45) is 0. The molecular weight excluding hydrogens is 254 g/mol. The summed E-state index contributed by atoms with van der Waals surface area (Å²) in [7, 11) is 0. The molecule has 1 fully saturated rings. The first-order chi connectivity index (χ1) is 9.70. The van der Waals surface area contributed by atoms with Crippen molar-refractivity contribution in [1.29, 1.82) is 5.26 Å². The van der Waals surface area contributed by atoms with E-state index >= 15 is 0 Å². The van der Waals surface area contributed by atoms with E-state index in [2.05, 4.69) is 11.0 Å². The van der Waals surface area contributed by atoms with Crippen LogP contribution in [0.4, 0.5) is 0 Å². The third-order valence-electron chi connectivity index (χ3n) is 3.49. The lowest BCUT2D eigenvalue weighted by Gasteiger charge is -2.34. The molecule has 1 aliphatic heterocycles. The highest BCUT2D eigenvalue weighted by atomic mass is 16.5. The lowest BCUT2D eigenvalue weighted by atomic mass is 10.2. The van der Waals surface area contributed by atoms with E-state index in [9.17, 15) is 4.79 Å². The molecule has 0 aliphatic carbocycles. The Morgan fingerprint density at radius 2 is 2.00 bits per heavy atom. The molecule has 0 atom stereocenters. The van der Waals surface area contributed by atoms with E-state index in [0.29, 0.717) is 17.9 Å². The third kappa shape index (κ3) is 3.72. The maximum atomic E-state index is 11.2. The summed E-state index contributed by atoms with van der Waals surface area (Å²) in [5.41, 5.74) is 0.564. The van der Waals surface area contributed by atoms with Gasteiger partial charge in [-0.1, -0.05) is 12.1 Å². The van der Waals surface area contributed by atoms with Gasteiger partial charge < -0.3 is 9.64 Å². The number of nitriles is 1. The zero-order chi connectivity index (χ0) is 14.4. The highest BCUT2D eigenvalue weighted by Crippen LogP contribution is 2.16. The molecule has 1 saturated heterocycles. The zero-order valence-corrected chi connectivity index (χ0v) is 11.7. The van der Waals surface area contributed by atoms with Crippen molar-refractivity contribution < 1.29 is 9.53 Å². The Kier molecular flexibility index (Phi) is 4.97. The summed E-state index contributed by atoms with van der Waals surface area (Å²) in [5.74, 6) is 0.779. The van der Waals surface area contributed by atoms with Crippen LogP contribution in [0.15, 0.2) is 24.3 Å². The van der Waals surface area contributed by atoms with E-state index in [4.69, 9.17) is 10.00 Å². The average Bonchev–Trinajstić information content (AvgIpc) is 2.48. The van der Waals surface area contributed by atoms with Crippen LogP contribution in [-0.2, 0) is 4.79 Å². The molecular formula is C15H19N3O2. The molecule has 0 N–H and O–H groups in total. The van der Waals surface area contributed by atoms with Crippen LogP contribution in [0.1, 0.15) is 12.5 Å². The van der Waals surface area contributed by atoms with Gasteiger partial charge >= 0.3 is 0 Å². The third-order valence-corrected chi connectivity index (χ3v) is 3.49. The molecule has 0 aromatic heterocycles. The summed E-state index contributed by atoms with van der Waals surface area (Å²) in [6, 6.07) is 9.37. The molecule has 5 heteroatoms. The largest absolute Gasteiger partial charge is 0.491 e. The van der Waals surface area contributed by atoms with Gasteiger partial charge in [-0.25, -0.2) is 0 Å². The molecule has 5 nitrogen and oxygen atoms in total. The number of para-hydroxylation sites is 1. The SMILES string of the molecule is CC(=O)N1CCN(CCOc2ccccc2C#N)CC1. The van der Waals surface area contributed by atoms with Crippen LogP contribution in [0.25, 0.3) is 0 Å². The number of rotatable bonds is 4. The Bertz CT molecular complexity index is 502. The second-order valence-corrected chi connectivity index (χ2v) is 4.80. The fourth-order valence-corrected chi connectivity index (χ4v) is 2.26. The minimum Gasteiger partial charge on any atom is -0.491 e. The second kappa shape index (κ2) is 6.92. The van der Waals surface area contributed by atoms with Crippen LogP contribution in [0.3, 0.4) is 0 Å². The lowest BCUT2D eigenvalue weighted by molar-refractivity contribution is -0.130. The molecule has 1 aliphatic rings. The van der Waals surface area contributed by atoms with Gasteiger partial charge in [0.05, 0.1) is 5.56 Å². The number of hydrogen-bond donors (Lipinski definition) is 0. The molecule has 0 bridgehead atoms. The second-order valence-electron chi connectivity index (χ2n) is 4.80. The van der Waals surface area contributed by atoms with Crippen molar-refractivity contribution >= 4 is 5.91 Å². The fourth-order valence-electron chi connectivity index (χ4n) is 2.26. The average molecular weight is 273 g/mol. The van der Waals surface area contributed by atoms with Crippen LogP contribution >= 0.6 is 0 Å². The monoisotopic (exact) mass is 273 g/mol. The molecule has 1 heterocycles. The summed E-state index contributed by atoms with van der Waals surface area (Å²) in [5, 5.41) is 8.97. The number of piperazine rings is 1. The summed E-state index contributed by atoms with van der Waals surface area (Å²) >= 11 is 0. The summed E-state index contributed by atoms with van der Waals surface area (Å²) in [6.45, 7) is 6.29. The Labute approximate surface area is 119 Å². The molecule has 0 radical (unpaired) electrons. The molecule has 2 rings (SSSR count). The van der Waals surface area contributed by atoms with Gasteiger partial charge in [-0.2, -0.15) is 5.26 Å². The number of carbonyl (C=O) groups is 1. The highest BCUT2D eigenvalue weighted by molar-refractivity contribution is 5.73. The molecule has 20 heavy (non-hydrogen) atoms. The number of nitrogens with zero attached hydrogens (tertiary/aromatic N) is 3. The molecule has 0 unspecified atom stereocenters. The van der Waals surface area contributed by atoms with Crippen molar-refractivity contribution in [2.45, 2.75) is 6.92 Å². The number of amides is 1. The smallest absolute Gasteiger partial charge is 0.219 e. The van der Waals surface area contributed by atoms with Gasteiger partial charge in [0.1, 0.15) is 18.4 Å². The Balaban J connectivity index is 1.75. The quantitative estimate of drug-likeness (QED) is 0.824. The Hall–Kier alpha value is -2.06.